The SMILES string of the molecule is CCNc1ccc(S(=O)(=O)N(C)C)cc1NS(=O)(=O)c1cc(C(F)(F)F)ccc1Cl. The van der Waals surface area contributed by atoms with Gasteiger partial charge >= 0.3 is 6.18 Å². The van der Waals surface area contributed by atoms with Gasteiger partial charge in [-0.3, -0.25) is 4.72 Å². The maximum atomic E-state index is 13.0. The quantitative estimate of drug-likeness (QED) is 0.621. The first-order valence-electron chi connectivity index (χ1n) is 8.40. The molecular weight excluding hydrogens is 467 g/mol. The molecule has 2 rings (SSSR count). The van der Waals surface area contributed by atoms with Gasteiger partial charge in [0.15, 0.2) is 0 Å². The number of hydrogen-bond donors (Lipinski definition) is 2. The minimum atomic E-state index is -4.77. The summed E-state index contributed by atoms with van der Waals surface area (Å²) in [6.45, 7) is 2.10. The van der Waals surface area contributed by atoms with E-state index in [9.17, 15) is 30.0 Å². The van der Waals surface area contributed by atoms with Gasteiger partial charge in [0.25, 0.3) is 10.0 Å². The summed E-state index contributed by atoms with van der Waals surface area (Å²) in [7, 11) is -5.86. The van der Waals surface area contributed by atoms with E-state index in [-0.39, 0.29) is 16.3 Å². The van der Waals surface area contributed by atoms with E-state index in [0.29, 0.717) is 18.7 Å². The standard InChI is InChI=1S/C17H19ClF3N3O4S2/c1-4-22-14-8-6-12(30(27,28)24(2)3)10-15(14)23-29(25,26)16-9-11(17(19,20)21)5-7-13(16)18/h5-10,22-23H,4H2,1-3H3. The van der Waals surface area contributed by atoms with Crippen LogP contribution < -0.4 is 10.0 Å². The lowest BCUT2D eigenvalue weighted by atomic mass is 10.2. The summed E-state index contributed by atoms with van der Waals surface area (Å²) in [5.74, 6) is 0. The Morgan fingerprint density at radius 2 is 1.63 bits per heavy atom. The second-order valence-corrected chi connectivity index (χ2v) is 10.5. The highest BCUT2D eigenvalue weighted by atomic mass is 35.5. The monoisotopic (exact) mass is 485 g/mol. The molecule has 0 radical (unpaired) electrons. The zero-order chi connectivity index (χ0) is 22.9. The van der Waals surface area contributed by atoms with Gasteiger partial charge in [0.2, 0.25) is 10.0 Å². The van der Waals surface area contributed by atoms with Crippen molar-refractivity contribution in [2.24, 2.45) is 0 Å². The molecule has 0 aromatic heterocycles. The van der Waals surface area contributed by atoms with Gasteiger partial charge in [-0.25, -0.2) is 21.1 Å². The summed E-state index contributed by atoms with van der Waals surface area (Å²) in [5, 5.41) is 2.44. The fourth-order valence-electron chi connectivity index (χ4n) is 2.41. The van der Waals surface area contributed by atoms with E-state index in [1.807, 2.05) is 0 Å². The number of hydrogen-bond acceptors (Lipinski definition) is 5. The van der Waals surface area contributed by atoms with Crippen LogP contribution in [-0.4, -0.2) is 41.8 Å². The van der Waals surface area contributed by atoms with Crippen LogP contribution in [0.4, 0.5) is 24.5 Å². The lowest BCUT2D eigenvalue weighted by molar-refractivity contribution is -0.137. The maximum absolute atomic E-state index is 13.0. The molecule has 0 heterocycles. The number of sulfonamides is 2. The largest absolute Gasteiger partial charge is 0.416 e. The molecule has 0 unspecified atom stereocenters. The summed E-state index contributed by atoms with van der Waals surface area (Å²) in [6, 6.07) is 5.62. The van der Waals surface area contributed by atoms with Gasteiger partial charge in [0.05, 0.1) is 26.9 Å². The summed E-state index contributed by atoms with van der Waals surface area (Å²) >= 11 is 5.84. The third kappa shape index (κ3) is 5.17. The molecule has 2 aromatic rings. The highest BCUT2D eigenvalue weighted by Gasteiger charge is 2.33. The normalized spacial score (nSPS) is 12.8. The van der Waals surface area contributed by atoms with Crippen molar-refractivity contribution in [1.29, 1.82) is 0 Å². The first-order valence-corrected chi connectivity index (χ1v) is 11.7. The van der Waals surface area contributed by atoms with E-state index in [1.165, 1.54) is 26.2 Å². The molecular formula is C17H19ClF3N3O4S2. The van der Waals surface area contributed by atoms with Crippen LogP contribution in [-0.2, 0) is 26.2 Å². The molecule has 0 amide bonds. The van der Waals surface area contributed by atoms with Gasteiger partial charge in [-0.2, -0.15) is 13.2 Å². The summed E-state index contributed by atoms with van der Waals surface area (Å²) in [6.07, 6.45) is -4.77. The number of nitrogens with one attached hydrogen (secondary N) is 2. The Balaban J connectivity index is 2.60. The number of halogens is 4. The molecule has 0 aliphatic heterocycles. The van der Waals surface area contributed by atoms with E-state index >= 15 is 0 Å². The van der Waals surface area contributed by atoms with E-state index < -0.39 is 41.7 Å². The highest BCUT2D eigenvalue weighted by molar-refractivity contribution is 7.93. The molecule has 0 fully saturated rings. The molecule has 0 saturated carbocycles. The highest BCUT2D eigenvalue weighted by Crippen LogP contribution is 2.35. The average Bonchev–Trinajstić information content (AvgIpc) is 2.62. The van der Waals surface area contributed by atoms with Crippen molar-refractivity contribution >= 4 is 43.0 Å². The second kappa shape index (κ2) is 8.61. The first-order chi connectivity index (χ1) is 13.7. The smallest absolute Gasteiger partial charge is 0.384 e. The molecule has 0 bridgehead atoms. The Morgan fingerprint density at radius 1 is 1.00 bits per heavy atom. The minimum Gasteiger partial charge on any atom is -0.384 e. The van der Waals surface area contributed by atoms with E-state index in [4.69, 9.17) is 11.6 Å². The molecule has 0 aliphatic rings. The first kappa shape index (κ1) is 24.3. The molecule has 2 N–H and O–H groups in total. The number of nitrogens with zero attached hydrogens (tertiary/aromatic N) is 1. The van der Waals surface area contributed by atoms with Crippen molar-refractivity contribution in [3.63, 3.8) is 0 Å². The molecule has 2 aromatic carbocycles. The molecule has 0 atom stereocenters. The Hall–Kier alpha value is -2.02. The van der Waals surface area contributed by atoms with E-state index in [1.54, 1.807) is 6.92 Å². The lowest BCUT2D eigenvalue weighted by Crippen LogP contribution is -2.23. The molecule has 0 saturated heterocycles. The van der Waals surface area contributed by atoms with Gasteiger partial charge < -0.3 is 5.32 Å². The van der Waals surface area contributed by atoms with Crippen molar-refractivity contribution < 1.29 is 30.0 Å². The number of benzene rings is 2. The van der Waals surface area contributed by atoms with Crippen molar-refractivity contribution in [3.05, 3.63) is 47.0 Å². The number of alkyl halides is 3. The predicted octanol–water partition coefficient (Wildman–Crippen LogP) is 3.84. The average molecular weight is 486 g/mol. The molecule has 30 heavy (non-hydrogen) atoms. The lowest BCUT2D eigenvalue weighted by Gasteiger charge is -2.18. The number of anilines is 2. The summed E-state index contributed by atoms with van der Waals surface area (Å²) in [4.78, 5) is -0.996. The summed E-state index contributed by atoms with van der Waals surface area (Å²) in [5.41, 5.74) is -1.11. The van der Waals surface area contributed by atoms with Gasteiger partial charge in [-0.1, -0.05) is 11.6 Å². The van der Waals surface area contributed by atoms with Crippen LogP contribution in [0.2, 0.25) is 5.02 Å². The third-order valence-electron chi connectivity index (χ3n) is 3.93. The molecule has 166 valence electrons. The van der Waals surface area contributed by atoms with Gasteiger partial charge in [-0.05, 0) is 43.3 Å². The van der Waals surface area contributed by atoms with Crippen LogP contribution >= 0.6 is 11.6 Å². The zero-order valence-corrected chi connectivity index (χ0v) is 18.5. The Morgan fingerprint density at radius 3 is 2.17 bits per heavy atom. The van der Waals surface area contributed by atoms with E-state index in [2.05, 4.69) is 10.0 Å². The van der Waals surface area contributed by atoms with Crippen LogP contribution in [0.15, 0.2) is 46.2 Å². The van der Waals surface area contributed by atoms with Gasteiger partial charge in [0, 0.05) is 20.6 Å². The van der Waals surface area contributed by atoms with Crippen molar-refractivity contribution in [2.75, 3.05) is 30.7 Å². The fourth-order valence-corrected chi connectivity index (χ4v) is 4.93. The molecule has 0 spiro atoms. The van der Waals surface area contributed by atoms with Crippen LogP contribution in [0.5, 0.6) is 0 Å². The Labute approximate surface area is 177 Å². The third-order valence-corrected chi connectivity index (χ3v) is 7.59. The zero-order valence-electron chi connectivity index (χ0n) is 16.1. The Bertz CT molecular complexity index is 1150. The van der Waals surface area contributed by atoms with E-state index in [0.717, 1.165) is 16.4 Å². The van der Waals surface area contributed by atoms with Crippen molar-refractivity contribution in [2.45, 2.75) is 22.9 Å². The molecule has 13 heteroatoms. The van der Waals surface area contributed by atoms with Crippen LogP contribution in [0.25, 0.3) is 0 Å². The molecule has 7 nitrogen and oxygen atoms in total. The predicted molar refractivity (Wildman–Crippen MR) is 109 cm³/mol. The Kier molecular flexibility index (Phi) is 6.96. The van der Waals surface area contributed by atoms with Crippen molar-refractivity contribution in [1.82, 2.24) is 4.31 Å². The van der Waals surface area contributed by atoms with Crippen LogP contribution in [0, 0.1) is 0 Å². The van der Waals surface area contributed by atoms with Gasteiger partial charge in [0.1, 0.15) is 4.90 Å². The van der Waals surface area contributed by atoms with Crippen LogP contribution in [0.1, 0.15) is 12.5 Å². The van der Waals surface area contributed by atoms with Gasteiger partial charge in [-0.15, -0.1) is 0 Å². The number of rotatable bonds is 7. The minimum absolute atomic E-state index is 0.159. The van der Waals surface area contributed by atoms with Crippen LogP contribution in [0.3, 0.4) is 0 Å². The summed E-state index contributed by atoms with van der Waals surface area (Å²) < 4.78 is 92.4. The second-order valence-electron chi connectivity index (χ2n) is 6.27. The maximum Gasteiger partial charge on any atom is 0.416 e. The topological polar surface area (TPSA) is 95.6 Å². The fraction of sp³-hybridized carbons (Fsp3) is 0.294. The van der Waals surface area contributed by atoms with Crippen molar-refractivity contribution in [3.8, 4) is 0 Å². The molecule has 0 aliphatic carbocycles.